The van der Waals surface area contributed by atoms with Crippen LogP contribution in [0.15, 0.2) is 36.4 Å². The first-order chi connectivity index (χ1) is 14.6. The number of benzene rings is 1. The molecule has 176 valence electrons. The number of halogens is 6. The molecule has 32 heavy (non-hydrogen) atoms. The lowest BCUT2D eigenvalue weighted by Gasteiger charge is -2.30. The molecule has 0 spiro atoms. The summed E-state index contributed by atoms with van der Waals surface area (Å²) in [5.41, 5.74) is 0.348. The van der Waals surface area contributed by atoms with E-state index in [1.807, 2.05) is 22.6 Å². The zero-order chi connectivity index (χ0) is 24.1. The van der Waals surface area contributed by atoms with E-state index in [9.17, 15) is 40.0 Å². The molecule has 0 aliphatic heterocycles. The molecular formula is C18H15F5INO6S. The highest BCUT2D eigenvalue weighted by molar-refractivity contribution is 14.1. The Labute approximate surface area is 192 Å². The van der Waals surface area contributed by atoms with Crippen molar-refractivity contribution in [2.24, 2.45) is 23.7 Å². The van der Waals surface area contributed by atoms with Gasteiger partial charge in [-0.1, -0.05) is 12.2 Å². The lowest BCUT2D eigenvalue weighted by molar-refractivity contribution is -0.261. The standard InChI is InChI=1S/C18H15F5INO6S/c19-17(20,21)16(18(22,23)32(28,29)30)31-15(27)13-9-2-1-8(7-9)12(13)14(26)25-11-5-3-10(24)4-6-11/h1-6,8-9,12-13,16H,7H2,(H,25,26)(H,28,29,30). The van der Waals surface area contributed by atoms with E-state index in [4.69, 9.17) is 4.55 Å². The molecule has 3 rings (SSSR count). The molecule has 1 amide bonds. The van der Waals surface area contributed by atoms with Crippen molar-refractivity contribution in [1.82, 2.24) is 0 Å². The van der Waals surface area contributed by atoms with E-state index in [1.54, 1.807) is 30.3 Å². The highest BCUT2D eigenvalue weighted by atomic mass is 127. The zero-order valence-electron chi connectivity index (χ0n) is 15.7. The fourth-order valence-corrected chi connectivity index (χ4v) is 4.73. The van der Waals surface area contributed by atoms with Gasteiger partial charge in [0.05, 0.1) is 11.8 Å². The molecule has 2 aliphatic carbocycles. The Balaban J connectivity index is 1.85. The van der Waals surface area contributed by atoms with Gasteiger partial charge in [-0.25, -0.2) is 0 Å². The van der Waals surface area contributed by atoms with E-state index in [1.165, 1.54) is 6.08 Å². The number of esters is 1. The zero-order valence-corrected chi connectivity index (χ0v) is 18.7. The van der Waals surface area contributed by atoms with Crippen molar-refractivity contribution in [1.29, 1.82) is 0 Å². The van der Waals surface area contributed by atoms with Gasteiger partial charge in [-0.15, -0.1) is 0 Å². The van der Waals surface area contributed by atoms with Gasteiger partial charge in [0, 0.05) is 9.26 Å². The van der Waals surface area contributed by atoms with Crippen LogP contribution in [0.5, 0.6) is 0 Å². The minimum atomic E-state index is -6.56. The third-order valence-electron chi connectivity index (χ3n) is 5.33. The Kier molecular flexibility index (Phi) is 6.61. The van der Waals surface area contributed by atoms with Crippen LogP contribution in [-0.4, -0.2) is 42.4 Å². The summed E-state index contributed by atoms with van der Waals surface area (Å²) in [5.74, 6) is -6.60. The molecule has 5 unspecified atom stereocenters. The van der Waals surface area contributed by atoms with Crippen molar-refractivity contribution >= 4 is 50.3 Å². The van der Waals surface area contributed by atoms with E-state index >= 15 is 0 Å². The summed E-state index contributed by atoms with van der Waals surface area (Å²) in [6.45, 7) is 0. The Morgan fingerprint density at radius 2 is 1.59 bits per heavy atom. The lowest BCUT2D eigenvalue weighted by atomic mass is 9.82. The second-order valence-corrected chi connectivity index (χ2v) is 10.1. The number of carbonyl (C=O) groups is 2. The first-order valence-corrected chi connectivity index (χ1v) is 11.5. The van der Waals surface area contributed by atoms with Crippen LogP contribution in [0.1, 0.15) is 6.42 Å². The van der Waals surface area contributed by atoms with Gasteiger partial charge >= 0.3 is 27.5 Å². The summed E-state index contributed by atoms with van der Waals surface area (Å²) in [7, 11) is -6.56. The molecule has 5 atom stereocenters. The van der Waals surface area contributed by atoms with Gasteiger partial charge < -0.3 is 10.1 Å². The van der Waals surface area contributed by atoms with Crippen molar-refractivity contribution in [3.8, 4) is 0 Å². The van der Waals surface area contributed by atoms with Crippen LogP contribution >= 0.6 is 22.6 Å². The van der Waals surface area contributed by atoms with E-state index in [-0.39, 0.29) is 6.42 Å². The summed E-state index contributed by atoms with van der Waals surface area (Å²) in [6, 6.07) is 6.46. The molecule has 1 aromatic rings. The number of hydrogen-bond acceptors (Lipinski definition) is 5. The smallest absolute Gasteiger partial charge is 0.432 e. The highest BCUT2D eigenvalue weighted by Crippen LogP contribution is 2.50. The Hall–Kier alpha value is -1.81. The molecule has 0 radical (unpaired) electrons. The van der Waals surface area contributed by atoms with Gasteiger partial charge in [0.1, 0.15) is 0 Å². The van der Waals surface area contributed by atoms with E-state index < -0.39 is 63.2 Å². The van der Waals surface area contributed by atoms with Crippen LogP contribution in [0.2, 0.25) is 0 Å². The van der Waals surface area contributed by atoms with Crippen LogP contribution < -0.4 is 5.32 Å². The molecular weight excluding hydrogens is 580 g/mol. The van der Waals surface area contributed by atoms with Crippen LogP contribution in [0.3, 0.4) is 0 Å². The van der Waals surface area contributed by atoms with Gasteiger partial charge in [0.25, 0.3) is 6.10 Å². The molecule has 2 bridgehead atoms. The van der Waals surface area contributed by atoms with Gasteiger partial charge in [-0.3, -0.25) is 14.1 Å². The number of hydrogen-bond donors (Lipinski definition) is 2. The molecule has 1 aromatic carbocycles. The number of carbonyl (C=O) groups excluding carboxylic acids is 2. The molecule has 2 N–H and O–H groups in total. The summed E-state index contributed by atoms with van der Waals surface area (Å²) in [6.07, 6.45) is -7.19. The predicted molar refractivity (Wildman–Crippen MR) is 108 cm³/mol. The van der Waals surface area contributed by atoms with E-state index in [0.29, 0.717) is 5.69 Å². The molecule has 7 nitrogen and oxygen atoms in total. The molecule has 1 saturated carbocycles. The second-order valence-electron chi connectivity index (χ2n) is 7.39. The maximum Gasteiger partial charge on any atom is 0.432 e. The van der Waals surface area contributed by atoms with E-state index in [0.717, 1.165) is 3.57 Å². The topological polar surface area (TPSA) is 110 Å². The fraction of sp³-hybridized carbons (Fsp3) is 0.444. The largest absolute Gasteiger partial charge is 0.444 e. The van der Waals surface area contributed by atoms with Gasteiger partial charge in [0.2, 0.25) is 5.91 Å². The quantitative estimate of drug-likeness (QED) is 0.171. The lowest BCUT2D eigenvalue weighted by Crippen LogP contribution is -2.53. The summed E-state index contributed by atoms with van der Waals surface area (Å²) < 4.78 is 102. The van der Waals surface area contributed by atoms with Crippen molar-refractivity contribution in [3.63, 3.8) is 0 Å². The van der Waals surface area contributed by atoms with Gasteiger partial charge in [0.15, 0.2) is 0 Å². The molecule has 0 heterocycles. The Bertz CT molecular complexity index is 1040. The first kappa shape index (κ1) is 24.8. The third kappa shape index (κ3) is 4.76. The number of alkyl halides is 5. The number of ether oxygens (including phenoxy) is 1. The van der Waals surface area contributed by atoms with Crippen molar-refractivity contribution < 1.29 is 49.2 Å². The van der Waals surface area contributed by atoms with Crippen LogP contribution in [-0.2, 0) is 24.4 Å². The average Bonchev–Trinajstić information content (AvgIpc) is 3.27. The third-order valence-corrected chi connectivity index (χ3v) is 6.95. The Morgan fingerprint density at radius 1 is 1.06 bits per heavy atom. The van der Waals surface area contributed by atoms with Gasteiger partial charge in [-0.05, 0) is 65.1 Å². The van der Waals surface area contributed by atoms with E-state index in [2.05, 4.69) is 10.1 Å². The number of nitrogens with one attached hydrogen (secondary N) is 1. The minimum Gasteiger partial charge on any atom is -0.444 e. The minimum absolute atomic E-state index is 0.204. The van der Waals surface area contributed by atoms with Crippen molar-refractivity contribution in [2.75, 3.05) is 5.32 Å². The van der Waals surface area contributed by atoms with Crippen molar-refractivity contribution in [3.05, 3.63) is 40.0 Å². The summed E-state index contributed by atoms with van der Waals surface area (Å²) in [4.78, 5) is 25.3. The molecule has 0 aromatic heterocycles. The summed E-state index contributed by atoms with van der Waals surface area (Å²) >= 11 is 2.03. The fourth-order valence-electron chi connectivity index (χ4n) is 3.92. The number of amides is 1. The summed E-state index contributed by atoms with van der Waals surface area (Å²) in [5, 5.41) is -3.31. The molecule has 2 aliphatic rings. The normalized spacial score (nSPS) is 26.1. The average molecular weight is 595 g/mol. The molecule has 0 saturated heterocycles. The first-order valence-electron chi connectivity index (χ1n) is 8.99. The number of anilines is 1. The Morgan fingerprint density at radius 3 is 2.09 bits per heavy atom. The monoisotopic (exact) mass is 595 g/mol. The van der Waals surface area contributed by atoms with Crippen LogP contribution in [0.25, 0.3) is 0 Å². The molecule has 1 fully saturated rings. The maximum absolute atomic E-state index is 13.8. The molecule has 14 heteroatoms. The predicted octanol–water partition coefficient (Wildman–Crippen LogP) is 3.62. The maximum atomic E-state index is 13.8. The SMILES string of the molecule is O=C(Nc1ccc(I)cc1)C1C2C=CC(C2)C1C(=O)OC(C(F)(F)F)C(F)(F)S(=O)(=O)O. The van der Waals surface area contributed by atoms with Crippen molar-refractivity contribution in [2.45, 2.75) is 24.0 Å². The second kappa shape index (κ2) is 8.52. The highest BCUT2D eigenvalue weighted by Gasteiger charge is 2.67. The van der Waals surface area contributed by atoms with Crippen LogP contribution in [0.4, 0.5) is 27.6 Å². The number of rotatable bonds is 6. The number of allylic oxidation sites excluding steroid dienone is 2. The number of fused-ring (bicyclic) bond motifs is 2. The van der Waals surface area contributed by atoms with Crippen LogP contribution in [0, 0.1) is 27.2 Å². The van der Waals surface area contributed by atoms with Gasteiger partial charge in [-0.2, -0.15) is 30.4 Å².